The fraction of sp³-hybridized carbons (Fsp3) is 0.667. The van der Waals surface area contributed by atoms with Gasteiger partial charge >= 0.3 is 12.1 Å². The van der Waals surface area contributed by atoms with Crippen LogP contribution in [-0.2, 0) is 9.53 Å². The molecule has 3 atom stereocenters. The molecule has 12 heavy (non-hydrogen) atoms. The largest absolute Gasteiger partial charge is 0.480 e. The van der Waals surface area contributed by atoms with E-state index in [0.29, 0.717) is 0 Å². The number of carbonyl (C=O) groups is 2. The smallest absolute Gasteiger partial charge is 0.408 e. The predicted molar refractivity (Wildman–Crippen MR) is 34.8 cm³/mol. The highest BCUT2D eigenvalue weighted by atomic mass is 16.6. The Morgan fingerprint density at radius 3 is 2.50 bits per heavy atom. The normalized spacial score (nSPS) is 37.7. The molecule has 0 aromatic heterocycles. The third-order valence-electron chi connectivity index (χ3n) is 2.14. The summed E-state index contributed by atoms with van der Waals surface area (Å²) in [6.07, 6.45) is -1.81. The number of rotatable bonds is 1. The summed E-state index contributed by atoms with van der Waals surface area (Å²) < 4.78 is 4.92. The van der Waals surface area contributed by atoms with Crippen LogP contribution in [0.5, 0.6) is 0 Å². The molecule has 2 heterocycles. The van der Waals surface area contributed by atoms with E-state index in [9.17, 15) is 9.59 Å². The number of fused-ring (bicyclic) bond motifs is 1. The average molecular weight is 173 g/mol. The van der Waals surface area contributed by atoms with Gasteiger partial charge < -0.3 is 14.9 Å². The topological polar surface area (TPSA) is 90.4 Å². The lowest BCUT2D eigenvalue weighted by molar-refractivity contribution is -0.143. The first kappa shape index (κ1) is 7.35. The summed E-state index contributed by atoms with van der Waals surface area (Å²) in [5.74, 6) is -1.14. The molecule has 2 rings (SSSR count). The molecule has 66 valence electrons. The quantitative estimate of drug-likeness (QED) is 0.506. The van der Waals surface area contributed by atoms with Gasteiger partial charge in [0.2, 0.25) is 0 Å². The first-order chi connectivity index (χ1) is 5.61. The van der Waals surface area contributed by atoms with Gasteiger partial charge in [0.1, 0.15) is 12.2 Å². The van der Waals surface area contributed by atoms with E-state index in [-0.39, 0.29) is 12.6 Å². The summed E-state index contributed by atoms with van der Waals surface area (Å²) in [6.45, 7) is 0.178. The molecule has 2 aliphatic rings. The van der Waals surface area contributed by atoms with Gasteiger partial charge in [-0.05, 0) is 0 Å². The molecular formula is C6H7NO5. The number of morpholine rings is 1. The number of hydrogen-bond acceptors (Lipinski definition) is 3. The maximum atomic E-state index is 10.6. The zero-order valence-electron chi connectivity index (χ0n) is 6.01. The number of epoxide rings is 1. The van der Waals surface area contributed by atoms with Crippen LogP contribution in [0.25, 0.3) is 0 Å². The van der Waals surface area contributed by atoms with Crippen LogP contribution >= 0.6 is 0 Å². The number of likely N-dealkylation sites (tertiary alicyclic amines) is 1. The molecule has 0 aromatic rings. The summed E-state index contributed by atoms with van der Waals surface area (Å²) in [5, 5.41) is 17.2. The van der Waals surface area contributed by atoms with Gasteiger partial charge in [0, 0.05) is 0 Å². The van der Waals surface area contributed by atoms with E-state index in [1.165, 1.54) is 0 Å². The van der Waals surface area contributed by atoms with Crippen molar-refractivity contribution in [1.29, 1.82) is 0 Å². The number of carboxylic acids is 1. The van der Waals surface area contributed by atoms with Gasteiger partial charge in [0.25, 0.3) is 0 Å². The van der Waals surface area contributed by atoms with Crippen LogP contribution in [0, 0.1) is 0 Å². The number of aliphatic carboxylic acids is 1. The van der Waals surface area contributed by atoms with E-state index in [0.717, 1.165) is 4.90 Å². The van der Waals surface area contributed by atoms with E-state index in [2.05, 4.69) is 0 Å². The van der Waals surface area contributed by atoms with Crippen LogP contribution < -0.4 is 0 Å². The molecule has 0 saturated carbocycles. The maximum Gasteiger partial charge on any atom is 0.408 e. The fourth-order valence-electron chi connectivity index (χ4n) is 1.54. The molecule has 2 fully saturated rings. The van der Waals surface area contributed by atoms with Crippen molar-refractivity contribution in [2.24, 2.45) is 0 Å². The van der Waals surface area contributed by atoms with Crippen molar-refractivity contribution < 1.29 is 24.5 Å². The Morgan fingerprint density at radius 2 is 2.08 bits per heavy atom. The Kier molecular flexibility index (Phi) is 1.29. The van der Waals surface area contributed by atoms with Gasteiger partial charge in [-0.2, -0.15) is 0 Å². The Labute approximate surface area is 67.3 Å². The molecule has 0 aromatic carbocycles. The summed E-state index contributed by atoms with van der Waals surface area (Å²) in [5.41, 5.74) is 0. The van der Waals surface area contributed by atoms with Crippen molar-refractivity contribution in [3.63, 3.8) is 0 Å². The van der Waals surface area contributed by atoms with Gasteiger partial charge in [-0.1, -0.05) is 0 Å². The molecule has 0 bridgehead atoms. The van der Waals surface area contributed by atoms with Crippen LogP contribution in [0.3, 0.4) is 0 Å². The van der Waals surface area contributed by atoms with Crippen molar-refractivity contribution >= 4 is 12.1 Å². The van der Waals surface area contributed by atoms with Crippen LogP contribution in [0.15, 0.2) is 0 Å². The monoisotopic (exact) mass is 173 g/mol. The minimum absolute atomic E-state index is 0.178. The molecule has 6 heteroatoms. The lowest BCUT2D eigenvalue weighted by Gasteiger charge is -2.19. The summed E-state index contributed by atoms with van der Waals surface area (Å²) in [4.78, 5) is 22.0. The number of carboxylic acid groups (broad SMARTS) is 2. The Morgan fingerprint density at radius 1 is 1.42 bits per heavy atom. The van der Waals surface area contributed by atoms with E-state index >= 15 is 0 Å². The molecule has 1 amide bonds. The zero-order valence-corrected chi connectivity index (χ0v) is 6.01. The minimum atomic E-state index is -1.20. The zero-order chi connectivity index (χ0) is 8.88. The summed E-state index contributed by atoms with van der Waals surface area (Å²) in [7, 11) is 0. The Hall–Kier alpha value is -1.30. The van der Waals surface area contributed by atoms with Gasteiger partial charge in [0.05, 0.1) is 6.54 Å². The van der Waals surface area contributed by atoms with Gasteiger partial charge in [-0.3, -0.25) is 4.90 Å². The number of amides is 1. The second-order valence-electron chi connectivity index (χ2n) is 2.86. The van der Waals surface area contributed by atoms with Crippen molar-refractivity contribution in [2.75, 3.05) is 6.54 Å². The molecule has 6 nitrogen and oxygen atoms in total. The van der Waals surface area contributed by atoms with Crippen molar-refractivity contribution in [1.82, 2.24) is 4.90 Å². The van der Waals surface area contributed by atoms with E-state index in [1.54, 1.807) is 0 Å². The standard InChI is InChI=1S/C6H7NO5/c8-5(9)3-4-2(12-4)1-7(3)6(10)11/h2-4H,1H2,(H,8,9)(H,10,11). The van der Waals surface area contributed by atoms with Crippen LogP contribution in [0.4, 0.5) is 4.79 Å². The highest BCUT2D eigenvalue weighted by Crippen LogP contribution is 2.36. The first-order valence-corrected chi connectivity index (χ1v) is 3.49. The second kappa shape index (κ2) is 2.10. The predicted octanol–water partition coefficient (Wildman–Crippen LogP) is -0.799. The number of ether oxygens (including phenoxy) is 1. The maximum absolute atomic E-state index is 10.6. The third-order valence-corrected chi connectivity index (χ3v) is 2.14. The Balaban J connectivity index is 2.16. The molecule has 0 spiro atoms. The van der Waals surface area contributed by atoms with E-state index in [4.69, 9.17) is 14.9 Å². The number of hydrogen-bond donors (Lipinski definition) is 2. The summed E-state index contributed by atoms with van der Waals surface area (Å²) >= 11 is 0. The first-order valence-electron chi connectivity index (χ1n) is 3.49. The van der Waals surface area contributed by atoms with E-state index in [1.807, 2.05) is 0 Å². The van der Waals surface area contributed by atoms with Crippen molar-refractivity contribution in [3.05, 3.63) is 0 Å². The van der Waals surface area contributed by atoms with Gasteiger partial charge in [-0.25, -0.2) is 9.59 Å². The van der Waals surface area contributed by atoms with Crippen LogP contribution in [0.1, 0.15) is 0 Å². The van der Waals surface area contributed by atoms with E-state index < -0.39 is 24.2 Å². The minimum Gasteiger partial charge on any atom is -0.480 e. The highest BCUT2D eigenvalue weighted by molar-refractivity contribution is 5.81. The summed E-state index contributed by atoms with van der Waals surface area (Å²) in [6, 6.07) is -1.01. The Bertz CT molecular complexity index is 252. The van der Waals surface area contributed by atoms with Crippen molar-refractivity contribution in [3.8, 4) is 0 Å². The lowest BCUT2D eigenvalue weighted by Crippen LogP contribution is -2.44. The lowest BCUT2D eigenvalue weighted by atomic mass is 10.2. The molecule has 2 aliphatic heterocycles. The van der Waals surface area contributed by atoms with Crippen LogP contribution in [0.2, 0.25) is 0 Å². The molecule has 0 aliphatic carbocycles. The molecule has 0 radical (unpaired) electrons. The molecular weight excluding hydrogens is 166 g/mol. The number of nitrogens with zero attached hydrogens (tertiary/aromatic N) is 1. The average Bonchev–Trinajstić information content (AvgIpc) is 2.60. The van der Waals surface area contributed by atoms with Gasteiger partial charge in [-0.15, -0.1) is 0 Å². The SMILES string of the molecule is O=C(O)C1C2OC2CN1C(=O)O. The molecule has 2 N–H and O–H groups in total. The molecule has 2 saturated heterocycles. The third kappa shape index (κ3) is 0.845. The van der Waals surface area contributed by atoms with Crippen molar-refractivity contribution in [2.45, 2.75) is 18.2 Å². The van der Waals surface area contributed by atoms with Gasteiger partial charge in [0.15, 0.2) is 6.04 Å². The molecule has 3 unspecified atom stereocenters. The second-order valence-corrected chi connectivity index (χ2v) is 2.86. The highest BCUT2D eigenvalue weighted by Gasteiger charge is 2.59. The fourth-order valence-corrected chi connectivity index (χ4v) is 1.54. The van der Waals surface area contributed by atoms with Crippen LogP contribution in [-0.4, -0.2) is 52.0 Å².